The summed E-state index contributed by atoms with van der Waals surface area (Å²) in [5, 5.41) is 2.11. The molecule has 0 N–H and O–H groups in total. The molecular formula is C16H16N2O. The first-order valence-electron chi connectivity index (χ1n) is 6.38. The van der Waals surface area contributed by atoms with E-state index < -0.39 is 0 Å². The van der Waals surface area contributed by atoms with E-state index in [1.165, 1.54) is 0 Å². The molecule has 0 atom stereocenters. The molecule has 0 aliphatic carbocycles. The van der Waals surface area contributed by atoms with Crippen molar-refractivity contribution in [1.29, 1.82) is 0 Å². The Morgan fingerprint density at radius 3 is 2.58 bits per heavy atom. The quantitative estimate of drug-likeness (QED) is 0.576. The molecule has 2 heterocycles. The maximum atomic E-state index is 11.9. The molecule has 1 aromatic carbocycles. The van der Waals surface area contributed by atoms with Crippen LogP contribution in [0.2, 0.25) is 0 Å². The van der Waals surface area contributed by atoms with Crippen molar-refractivity contribution >= 4 is 16.4 Å². The van der Waals surface area contributed by atoms with Crippen molar-refractivity contribution in [3.63, 3.8) is 0 Å². The van der Waals surface area contributed by atoms with Crippen molar-refractivity contribution in [3.8, 4) is 0 Å². The third kappa shape index (κ3) is 1.91. The number of benzene rings is 1. The molecule has 0 aliphatic heterocycles. The predicted octanol–water partition coefficient (Wildman–Crippen LogP) is 3.15. The number of aromatic nitrogens is 2. The van der Waals surface area contributed by atoms with Crippen molar-refractivity contribution in [2.75, 3.05) is 0 Å². The fourth-order valence-electron chi connectivity index (χ4n) is 2.41. The smallest absolute Gasteiger partial charge is 0.273 e. The van der Waals surface area contributed by atoms with Gasteiger partial charge in [0.15, 0.2) is 0 Å². The Labute approximate surface area is 111 Å². The fourth-order valence-corrected chi connectivity index (χ4v) is 2.41. The second-order valence-electron chi connectivity index (χ2n) is 5.83. The SMILES string of the molecule is CC(C)(C)c1cc(=O)nc2c3ccccc3ccn12. The van der Waals surface area contributed by atoms with Crippen LogP contribution in [0, 0.1) is 0 Å². The van der Waals surface area contributed by atoms with E-state index in [-0.39, 0.29) is 11.0 Å². The van der Waals surface area contributed by atoms with Crippen LogP contribution in [0.5, 0.6) is 0 Å². The van der Waals surface area contributed by atoms with Crippen LogP contribution in [0.25, 0.3) is 16.4 Å². The van der Waals surface area contributed by atoms with Crippen molar-refractivity contribution in [1.82, 2.24) is 9.38 Å². The third-order valence-corrected chi connectivity index (χ3v) is 3.34. The van der Waals surface area contributed by atoms with Gasteiger partial charge in [0.1, 0.15) is 5.65 Å². The summed E-state index contributed by atoms with van der Waals surface area (Å²) in [6.45, 7) is 6.30. The zero-order valence-corrected chi connectivity index (χ0v) is 11.3. The van der Waals surface area contributed by atoms with Crippen LogP contribution >= 0.6 is 0 Å². The number of rotatable bonds is 0. The summed E-state index contributed by atoms with van der Waals surface area (Å²) in [5.74, 6) is 0. The zero-order chi connectivity index (χ0) is 13.6. The standard InChI is InChI=1S/C16H16N2O/c1-16(2,3)13-10-14(19)17-15-12-7-5-4-6-11(12)8-9-18(13)15/h4-10H,1-3H3. The molecule has 0 aliphatic rings. The molecule has 0 saturated carbocycles. The van der Waals surface area contributed by atoms with Crippen LogP contribution < -0.4 is 5.56 Å². The van der Waals surface area contributed by atoms with Gasteiger partial charge in [-0.2, -0.15) is 4.98 Å². The summed E-state index contributed by atoms with van der Waals surface area (Å²) in [7, 11) is 0. The summed E-state index contributed by atoms with van der Waals surface area (Å²) in [6, 6.07) is 11.7. The van der Waals surface area contributed by atoms with Crippen molar-refractivity contribution < 1.29 is 0 Å². The van der Waals surface area contributed by atoms with Crippen LogP contribution in [0.3, 0.4) is 0 Å². The molecule has 3 heteroatoms. The van der Waals surface area contributed by atoms with Crippen molar-refractivity contribution in [3.05, 3.63) is 58.6 Å². The second-order valence-corrected chi connectivity index (χ2v) is 5.83. The van der Waals surface area contributed by atoms with Gasteiger partial charge < -0.3 is 4.40 Å². The predicted molar refractivity (Wildman–Crippen MR) is 77.7 cm³/mol. The minimum atomic E-state index is -0.179. The highest BCUT2D eigenvalue weighted by molar-refractivity contribution is 5.93. The Balaban J connectivity index is 2.55. The molecule has 0 bridgehead atoms. The van der Waals surface area contributed by atoms with Crippen molar-refractivity contribution in [2.24, 2.45) is 0 Å². The van der Waals surface area contributed by atoms with E-state index in [2.05, 4.69) is 31.8 Å². The van der Waals surface area contributed by atoms with Gasteiger partial charge in [0.05, 0.1) is 0 Å². The second kappa shape index (κ2) is 3.92. The number of hydrogen-bond acceptors (Lipinski definition) is 2. The number of hydrogen-bond donors (Lipinski definition) is 0. The van der Waals surface area contributed by atoms with Crippen LogP contribution in [-0.4, -0.2) is 9.38 Å². The van der Waals surface area contributed by atoms with Gasteiger partial charge in [-0.25, -0.2) is 0 Å². The Kier molecular flexibility index (Phi) is 2.45. The van der Waals surface area contributed by atoms with Gasteiger partial charge in [-0.3, -0.25) is 4.79 Å². The lowest BCUT2D eigenvalue weighted by atomic mass is 9.91. The minimum Gasteiger partial charge on any atom is -0.304 e. The monoisotopic (exact) mass is 252 g/mol. The topological polar surface area (TPSA) is 34.4 Å². The maximum Gasteiger partial charge on any atom is 0.273 e. The molecule has 2 aromatic heterocycles. The molecule has 0 radical (unpaired) electrons. The Hall–Kier alpha value is -2.16. The van der Waals surface area contributed by atoms with E-state index in [1.54, 1.807) is 6.07 Å². The van der Waals surface area contributed by atoms with Gasteiger partial charge in [0.2, 0.25) is 0 Å². The highest BCUT2D eigenvalue weighted by Gasteiger charge is 2.18. The molecule has 3 nitrogen and oxygen atoms in total. The lowest BCUT2D eigenvalue weighted by Gasteiger charge is -2.21. The Morgan fingerprint density at radius 1 is 1.11 bits per heavy atom. The van der Waals surface area contributed by atoms with Crippen LogP contribution in [-0.2, 0) is 5.41 Å². The summed E-state index contributed by atoms with van der Waals surface area (Å²) in [5.41, 5.74) is 1.43. The molecule has 0 amide bonds. The maximum absolute atomic E-state index is 11.9. The summed E-state index contributed by atoms with van der Waals surface area (Å²) in [6.07, 6.45) is 1.99. The molecule has 0 saturated heterocycles. The van der Waals surface area contributed by atoms with E-state index >= 15 is 0 Å². The van der Waals surface area contributed by atoms with Gasteiger partial charge in [-0.15, -0.1) is 0 Å². The average molecular weight is 252 g/mol. The van der Waals surface area contributed by atoms with Gasteiger partial charge in [-0.1, -0.05) is 45.0 Å². The normalized spacial score (nSPS) is 12.2. The zero-order valence-electron chi connectivity index (χ0n) is 11.3. The van der Waals surface area contributed by atoms with Gasteiger partial charge in [-0.05, 0) is 11.5 Å². The van der Waals surface area contributed by atoms with Gasteiger partial charge in [0, 0.05) is 28.8 Å². The minimum absolute atomic E-state index is 0.104. The lowest BCUT2D eigenvalue weighted by Crippen LogP contribution is -2.22. The average Bonchev–Trinajstić information content (AvgIpc) is 2.36. The first kappa shape index (κ1) is 11.9. The molecule has 3 rings (SSSR count). The van der Waals surface area contributed by atoms with E-state index in [9.17, 15) is 4.79 Å². The van der Waals surface area contributed by atoms with E-state index in [1.807, 2.05) is 34.9 Å². The highest BCUT2D eigenvalue weighted by atomic mass is 16.1. The third-order valence-electron chi connectivity index (χ3n) is 3.34. The lowest BCUT2D eigenvalue weighted by molar-refractivity contribution is 0.557. The fraction of sp³-hybridized carbons (Fsp3) is 0.250. The number of pyridine rings is 1. The van der Waals surface area contributed by atoms with Crippen LogP contribution in [0.1, 0.15) is 26.5 Å². The molecule has 0 unspecified atom stereocenters. The Morgan fingerprint density at radius 2 is 1.84 bits per heavy atom. The molecule has 96 valence electrons. The number of fused-ring (bicyclic) bond motifs is 3. The van der Waals surface area contributed by atoms with Crippen molar-refractivity contribution in [2.45, 2.75) is 26.2 Å². The first-order valence-corrected chi connectivity index (χ1v) is 6.38. The highest BCUT2D eigenvalue weighted by Crippen LogP contribution is 2.24. The largest absolute Gasteiger partial charge is 0.304 e. The summed E-state index contributed by atoms with van der Waals surface area (Å²) >= 11 is 0. The first-order chi connectivity index (χ1) is 8.97. The molecular weight excluding hydrogens is 236 g/mol. The van der Waals surface area contributed by atoms with Crippen LogP contribution in [0.15, 0.2) is 47.4 Å². The molecule has 3 aromatic rings. The van der Waals surface area contributed by atoms with Gasteiger partial charge >= 0.3 is 0 Å². The van der Waals surface area contributed by atoms with E-state index in [4.69, 9.17) is 0 Å². The molecule has 0 spiro atoms. The van der Waals surface area contributed by atoms with E-state index in [0.29, 0.717) is 0 Å². The Bertz CT molecular complexity index is 825. The van der Waals surface area contributed by atoms with Crippen LogP contribution in [0.4, 0.5) is 0 Å². The van der Waals surface area contributed by atoms with Gasteiger partial charge in [0.25, 0.3) is 5.56 Å². The molecule has 19 heavy (non-hydrogen) atoms. The van der Waals surface area contributed by atoms with E-state index in [0.717, 1.165) is 22.1 Å². The summed E-state index contributed by atoms with van der Waals surface area (Å²) in [4.78, 5) is 16.1. The summed E-state index contributed by atoms with van der Waals surface area (Å²) < 4.78 is 2.02. The molecule has 0 fully saturated rings. The number of nitrogens with zero attached hydrogens (tertiary/aromatic N) is 2.